The van der Waals surface area contributed by atoms with Crippen molar-refractivity contribution < 1.29 is 40.7 Å². The van der Waals surface area contributed by atoms with Crippen molar-refractivity contribution in [2.24, 2.45) is 5.92 Å². The van der Waals surface area contributed by atoms with Gasteiger partial charge in [-0.1, -0.05) is 18.2 Å². The highest BCUT2D eigenvalue weighted by Crippen LogP contribution is 2.29. The van der Waals surface area contributed by atoms with Gasteiger partial charge in [-0.25, -0.2) is 18.0 Å². The quantitative estimate of drug-likeness (QED) is 0.293. The molecule has 2 aliphatic rings. The maximum Gasteiger partial charge on any atom is 0.471 e. The smallest absolute Gasteiger partial charge is 0.338 e. The predicted octanol–water partition coefficient (Wildman–Crippen LogP) is 5.69. The molecule has 8 nitrogen and oxygen atoms in total. The van der Waals surface area contributed by atoms with Crippen LogP contribution in [-0.2, 0) is 17.9 Å². The Labute approximate surface area is 261 Å². The van der Waals surface area contributed by atoms with Crippen molar-refractivity contribution in [3.63, 3.8) is 0 Å². The number of alkyl halides is 3. The Kier molecular flexibility index (Phi) is 9.85. The number of carbonyl (C=O) groups excluding carboxylic acids is 3. The summed E-state index contributed by atoms with van der Waals surface area (Å²) in [6.07, 6.45) is -3.12. The molecule has 0 radical (unpaired) electrons. The number of nitrogens with one attached hydrogen (secondary N) is 2. The molecular weight excluding hydrogens is 616 g/mol. The van der Waals surface area contributed by atoms with E-state index >= 15 is 0 Å². The van der Waals surface area contributed by atoms with Crippen molar-refractivity contribution in [3.8, 4) is 0 Å². The minimum atomic E-state index is -5.24. The fourth-order valence-electron chi connectivity index (χ4n) is 5.10. The zero-order chi connectivity index (χ0) is 33.0. The second-order valence-electron chi connectivity index (χ2n) is 11.3. The summed E-state index contributed by atoms with van der Waals surface area (Å²) in [6, 6.07) is 11.6. The van der Waals surface area contributed by atoms with Crippen LogP contribution in [0.5, 0.6) is 0 Å². The molecule has 3 aromatic carbocycles. The van der Waals surface area contributed by atoms with Crippen molar-refractivity contribution in [1.29, 1.82) is 0 Å². The molecule has 4 amide bonds. The molecule has 3 aromatic rings. The van der Waals surface area contributed by atoms with Gasteiger partial charge in [0, 0.05) is 62.1 Å². The summed E-state index contributed by atoms with van der Waals surface area (Å²) in [5.41, 5.74) is 0.246. The molecule has 46 heavy (non-hydrogen) atoms. The second-order valence-corrected chi connectivity index (χ2v) is 11.3. The standard InChI is InChI=1S/C32H31F6N5O3/c33-24-8-6-23(26(34)16-24)19-43(30(45)32(36,37)38)25-3-1-2-21(14-25)18-41-10-12-42(13-11-41)29(44)22-7-9-28(27(35)15-22)40-31(46)39-17-20-4-5-20/h1-3,6-9,14-16,20H,4-5,10-13,17-19H2,(H2,39,40,46). The summed E-state index contributed by atoms with van der Waals surface area (Å²) in [5, 5.41) is 5.12. The summed E-state index contributed by atoms with van der Waals surface area (Å²) in [5.74, 6) is -4.85. The first-order valence-corrected chi connectivity index (χ1v) is 14.6. The number of halogens is 6. The number of hydrogen-bond donors (Lipinski definition) is 2. The fraction of sp³-hybridized carbons (Fsp3) is 0.344. The van der Waals surface area contributed by atoms with E-state index in [1.807, 2.05) is 4.90 Å². The lowest BCUT2D eigenvalue weighted by atomic mass is 10.1. The Hall–Kier alpha value is -4.59. The maximum atomic E-state index is 14.7. The normalized spacial score (nSPS) is 15.4. The molecule has 1 aliphatic carbocycles. The molecule has 1 saturated carbocycles. The lowest BCUT2D eigenvalue weighted by molar-refractivity contribution is -0.170. The Morgan fingerprint density at radius 3 is 2.26 bits per heavy atom. The van der Waals surface area contributed by atoms with Crippen LogP contribution in [0.25, 0.3) is 0 Å². The molecule has 1 heterocycles. The molecule has 1 saturated heterocycles. The maximum absolute atomic E-state index is 14.7. The number of nitrogens with zero attached hydrogens (tertiary/aromatic N) is 3. The van der Waals surface area contributed by atoms with Gasteiger partial charge in [0.15, 0.2) is 0 Å². The van der Waals surface area contributed by atoms with E-state index in [0.717, 1.165) is 31.0 Å². The average Bonchev–Trinajstić information content (AvgIpc) is 3.85. The van der Waals surface area contributed by atoms with Crippen LogP contribution in [0.2, 0.25) is 0 Å². The fourth-order valence-corrected chi connectivity index (χ4v) is 5.10. The highest BCUT2D eigenvalue weighted by atomic mass is 19.4. The van der Waals surface area contributed by atoms with Crippen LogP contribution in [0, 0.1) is 23.4 Å². The molecule has 0 unspecified atom stereocenters. The summed E-state index contributed by atoms with van der Waals surface area (Å²) in [4.78, 5) is 41.3. The number of piperazine rings is 1. The highest BCUT2D eigenvalue weighted by Gasteiger charge is 2.43. The monoisotopic (exact) mass is 647 g/mol. The van der Waals surface area contributed by atoms with Crippen LogP contribution in [0.1, 0.15) is 34.3 Å². The summed E-state index contributed by atoms with van der Waals surface area (Å²) in [6.45, 7) is 1.46. The van der Waals surface area contributed by atoms with Gasteiger partial charge in [0.1, 0.15) is 17.5 Å². The first-order valence-electron chi connectivity index (χ1n) is 14.6. The topological polar surface area (TPSA) is 85.0 Å². The van der Waals surface area contributed by atoms with Gasteiger partial charge in [0.2, 0.25) is 0 Å². The Morgan fingerprint density at radius 1 is 0.870 bits per heavy atom. The van der Waals surface area contributed by atoms with E-state index in [2.05, 4.69) is 10.6 Å². The molecule has 14 heteroatoms. The van der Waals surface area contributed by atoms with E-state index < -0.39 is 42.1 Å². The van der Waals surface area contributed by atoms with Gasteiger partial charge in [-0.2, -0.15) is 13.2 Å². The highest BCUT2D eigenvalue weighted by molar-refractivity contribution is 5.97. The molecule has 2 N–H and O–H groups in total. The van der Waals surface area contributed by atoms with Crippen molar-refractivity contribution in [2.45, 2.75) is 32.1 Å². The van der Waals surface area contributed by atoms with Crippen molar-refractivity contribution in [2.75, 3.05) is 42.9 Å². The Bertz CT molecular complexity index is 1610. The zero-order valence-electron chi connectivity index (χ0n) is 24.5. The molecule has 1 aliphatic heterocycles. The number of carbonyl (C=O) groups is 3. The Balaban J connectivity index is 1.19. The predicted molar refractivity (Wildman–Crippen MR) is 157 cm³/mol. The number of benzene rings is 3. The van der Waals surface area contributed by atoms with Gasteiger partial charge in [-0.3, -0.25) is 14.5 Å². The van der Waals surface area contributed by atoms with E-state index in [-0.39, 0.29) is 35.0 Å². The molecule has 244 valence electrons. The molecule has 0 bridgehead atoms. The summed E-state index contributed by atoms with van der Waals surface area (Å²) >= 11 is 0. The SMILES string of the molecule is O=C(NCC1CC1)Nc1ccc(C(=O)N2CCN(Cc3cccc(N(Cc4ccc(F)cc4F)C(=O)C(F)(F)F)c3)CC2)cc1F. The van der Waals surface area contributed by atoms with Crippen LogP contribution in [-0.4, -0.2) is 66.5 Å². The largest absolute Gasteiger partial charge is 0.471 e. The van der Waals surface area contributed by atoms with Crippen LogP contribution >= 0.6 is 0 Å². The molecule has 2 fully saturated rings. The van der Waals surface area contributed by atoms with E-state index in [1.165, 1.54) is 30.3 Å². The van der Waals surface area contributed by atoms with Crippen molar-refractivity contribution in [1.82, 2.24) is 15.1 Å². The van der Waals surface area contributed by atoms with Crippen LogP contribution in [0.4, 0.5) is 42.5 Å². The van der Waals surface area contributed by atoms with E-state index in [1.54, 1.807) is 11.0 Å². The van der Waals surface area contributed by atoms with E-state index in [4.69, 9.17) is 0 Å². The lowest BCUT2D eigenvalue weighted by Gasteiger charge is -2.35. The first-order chi connectivity index (χ1) is 21.9. The van der Waals surface area contributed by atoms with E-state index in [9.17, 15) is 40.7 Å². The molecule has 0 atom stereocenters. The molecule has 0 aromatic heterocycles. The zero-order valence-corrected chi connectivity index (χ0v) is 24.5. The van der Waals surface area contributed by atoms with Gasteiger partial charge in [-0.15, -0.1) is 0 Å². The van der Waals surface area contributed by atoms with E-state index in [0.29, 0.717) is 55.2 Å². The van der Waals surface area contributed by atoms with Crippen LogP contribution in [0.15, 0.2) is 60.7 Å². The van der Waals surface area contributed by atoms with Crippen LogP contribution in [0.3, 0.4) is 0 Å². The van der Waals surface area contributed by atoms with Gasteiger partial charge in [-0.05, 0) is 60.7 Å². The van der Waals surface area contributed by atoms with Crippen molar-refractivity contribution in [3.05, 3.63) is 94.8 Å². The minimum Gasteiger partial charge on any atom is -0.338 e. The van der Waals surface area contributed by atoms with Crippen LogP contribution < -0.4 is 15.5 Å². The number of anilines is 2. The van der Waals surface area contributed by atoms with Gasteiger partial charge in [0.05, 0.1) is 12.2 Å². The minimum absolute atomic E-state index is 0.0461. The summed E-state index contributed by atoms with van der Waals surface area (Å²) < 4.78 is 82.7. The molecule has 5 rings (SSSR count). The third-order valence-electron chi connectivity index (χ3n) is 7.83. The number of rotatable bonds is 9. The van der Waals surface area contributed by atoms with Gasteiger partial charge in [0.25, 0.3) is 5.91 Å². The summed E-state index contributed by atoms with van der Waals surface area (Å²) in [7, 11) is 0. The third-order valence-corrected chi connectivity index (χ3v) is 7.83. The molecule has 0 spiro atoms. The lowest BCUT2D eigenvalue weighted by Crippen LogP contribution is -2.48. The number of hydrogen-bond acceptors (Lipinski definition) is 4. The molecular formula is C32H31F6N5O3. The Morgan fingerprint density at radius 2 is 1.61 bits per heavy atom. The second kappa shape index (κ2) is 13.8. The first kappa shape index (κ1) is 32.8. The number of urea groups is 1. The third kappa shape index (κ3) is 8.36. The number of amides is 4. The van der Waals surface area contributed by atoms with Gasteiger partial charge < -0.3 is 20.4 Å². The van der Waals surface area contributed by atoms with Crippen molar-refractivity contribution >= 4 is 29.2 Å². The van der Waals surface area contributed by atoms with Gasteiger partial charge >= 0.3 is 18.1 Å². The average molecular weight is 648 g/mol.